The molecule has 1 aromatic carbocycles. The van der Waals surface area contributed by atoms with Gasteiger partial charge in [0.05, 0.1) is 9.90 Å². The van der Waals surface area contributed by atoms with Crippen LogP contribution in [0.15, 0.2) is 34.2 Å². The van der Waals surface area contributed by atoms with Gasteiger partial charge >= 0.3 is 0 Å². The van der Waals surface area contributed by atoms with Crippen LogP contribution in [0.4, 0.5) is 0 Å². The van der Waals surface area contributed by atoms with Gasteiger partial charge in [0.1, 0.15) is 5.03 Å². The molecule has 1 aliphatic heterocycles. The summed E-state index contributed by atoms with van der Waals surface area (Å²) < 4.78 is 15.8. The Kier molecular flexibility index (Phi) is 3.72. The summed E-state index contributed by atoms with van der Waals surface area (Å²) in [5.74, 6) is 1.87. The second-order valence-electron chi connectivity index (χ2n) is 4.63. The van der Waals surface area contributed by atoms with Gasteiger partial charge in [0.15, 0.2) is 11.5 Å². The lowest BCUT2D eigenvalue weighted by molar-refractivity contribution is 0.174. The van der Waals surface area contributed by atoms with E-state index in [9.17, 15) is 0 Å². The molecule has 0 amide bonds. The normalized spacial score (nSPS) is 13.6. The van der Waals surface area contributed by atoms with E-state index >= 15 is 0 Å². The molecule has 8 heteroatoms. The van der Waals surface area contributed by atoms with Crippen molar-refractivity contribution in [3.05, 3.63) is 46.1 Å². The number of ether oxygens (including phenoxy) is 2. The second kappa shape index (κ2) is 5.88. The fourth-order valence-corrected chi connectivity index (χ4v) is 3.23. The summed E-state index contributed by atoms with van der Waals surface area (Å²) in [5, 5.41) is 6.64. The number of rotatable bonds is 3. The SMILES string of the molecule is Cl/C(=C\c1cc(Cl)c2c(c1)OCO2)c1nc(-c2cccs2)no1. The van der Waals surface area contributed by atoms with E-state index in [2.05, 4.69) is 10.1 Å². The van der Waals surface area contributed by atoms with Crippen LogP contribution in [0.5, 0.6) is 11.5 Å². The molecule has 4 rings (SSSR count). The molecule has 116 valence electrons. The van der Waals surface area contributed by atoms with Crippen LogP contribution in [0.2, 0.25) is 5.02 Å². The van der Waals surface area contributed by atoms with Gasteiger partial charge in [-0.1, -0.05) is 34.4 Å². The predicted molar refractivity (Wildman–Crippen MR) is 88.9 cm³/mol. The van der Waals surface area contributed by atoms with Crippen molar-refractivity contribution in [3.63, 3.8) is 0 Å². The average Bonchev–Trinajstić information content (AvgIpc) is 3.27. The van der Waals surface area contributed by atoms with Gasteiger partial charge in [0, 0.05) is 0 Å². The van der Waals surface area contributed by atoms with E-state index in [0.29, 0.717) is 27.4 Å². The van der Waals surface area contributed by atoms with Crippen LogP contribution in [0.3, 0.4) is 0 Å². The van der Waals surface area contributed by atoms with Crippen molar-refractivity contribution in [3.8, 4) is 22.2 Å². The summed E-state index contributed by atoms with van der Waals surface area (Å²) in [6.07, 6.45) is 1.68. The van der Waals surface area contributed by atoms with Crippen LogP contribution in [-0.4, -0.2) is 16.9 Å². The molecule has 0 atom stereocenters. The Balaban J connectivity index is 1.65. The molecule has 3 heterocycles. The summed E-state index contributed by atoms with van der Waals surface area (Å²) >= 11 is 13.9. The highest BCUT2D eigenvalue weighted by Gasteiger charge is 2.18. The van der Waals surface area contributed by atoms with Gasteiger partial charge in [-0.2, -0.15) is 4.98 Å². The lowest BCUT2D eigenvalue weighted by atomic mass is 10.2. The Labute approximate surface area is 145 Å². The first-order valence-corrected chi connectivity index (χ1v) is 8.18. The summed E-state index contributed by atoms with van der Waals surface area (Å²) in [6, 6.07) is 7.35. The minimum atomic E-state index is 0.157. The minimum Gasteiger partial charge on any atom is -0.454 e. The van der Waals surface area contributed by atoms with Crippen LogP contribution < -0.4 is 9.47 Å². The van der Waals surface area contributed by atoms with Crippen LogP contribution in [0.1, 0.15) is 11.5 Å². The van der Waals surface area contributed by atoms with Crippen molar-refractivity contribution >= 4 is 45.6 Å². The number of fused-ring (bicyclic) bond motifs is 1. The van der Waals surface area contributed by atoms with E-state index in [4.69, 9.17) is 37.2 Å². The van der Waals surface area contributed by atoms with Crippen molar-refractivity contribution in [1.29, 1.82) is 0 Å². The third-order valence-electron chi connectivity index (χ3n) is 3.11. The molecule has 5 nitrogen and oxygen atoms in total. The molecule has 0 bridgehead atoms. The molecule has 0 saturated carbocycles. The monoisotopic (exact) mass is 366 g/mol. The first-order valence-electron chi connectivity index (χ1n) is 6.55. The summed E-state index contributed by atoms with van der Waals surface area (Å²) in [7, 11) is 0. The molecule has 0 fully saturated rings. The molecule has 0 unspecified atom stereocenters. The van der Waals surface area contributed by atoms with Crippen molar-refractivity contribution in [2.45, 2.75) is 0 Å². The molecular formula is C15H8Cl2N2O3S. The van der Waals surface area contributed by atoms with E-state index in [-0.39, 0.29) is 12.7 Å². The standard InChI is InChI=1S/C15H8Cl2N2O3S/c16-9-4-8(6-11-13(9)21-7-20-11)5-10(17)15-18-14(19-22-15)12-2-1-3-23-12/h1-6H,7H2/b10-5-. The van der Waals surface area contributed by atoms with Crippen molar-refractivity contribution in [2.75, 3.05) is 6.79 Å². The number of halogens is 2. The van der Waals surface area contributed by atoms with E-state index in [1.54, 1.807) is 18.2 Å². The Hall–Kier alpha value is -2.02. The third kappa shape index (κ3) is 2.81. The van der Waals surface area contributed by atoms with Gasteiger partial charge < -0.3 is 14.0 Å². The Bertz CT molecular complexity index is 890. The average molecular weight is 367 g/mol. The van der Waals surface area contributed by atoms with Crippen molar-refractivity contribution < 1.29 is 14.0 Å². The van der Waals surface area contributed by atoms with Crippen molar-refractivity contribution in [2.24, 2.45) is 0 Å². The summed E-state index contributed by atoms with van der Waals surface area (Å²) in [5.41, 5.74) is 0.750. The van der Waals surface area contributed by atoms with Crippen LogP contribution in [0.25, 0.3) is 21.8 Å². The third-order valence-corrected chi connectivity index (χ3v) is 4.53. The predicted octanol–water partition coefficient (Wildman–Crippen LogP) is 4.92. The molecule has 0 spiro atoms. The van der Waals surface area contributed by atoms with Gasteiger partial charge in [0.25, 0.3) is 5.89 Å². The lowest BCUT2D eigenvalue weighted by Gasteiger charge is -2.01. The molecule has 1 aliphatic rings. The zero-order valence-corrected chi connectivity index (χ0v) is 13.8. The van der Waals surface area contributed by atoms with Crippen molar-refractivity contribution in [1.82, 2.24) is 10.1 Å². The highest BCUT2D eigenvalue weighted by atomic mass is 35.5. The number of hydrogen-bond donors (Lipinski definition) is 0. The smallest absolute Gasteiger partial charge is 0.269 e. The van der Waals surface area contributed by atoms with E-state index in [1.807, 2.05) is 17.5 Å². The van der Waals surface area contributed by atoms with Crippen LogP contribution in [0, 0.1) is 0 Å². The summed E-state index contributed by atoms with van der Waals surface area (Å²) in [6.45, 7) is 0.157. The first kappa shape index (κ1) is 14.6. The summed E-state index contributed by atoms with van der Waals surface area (Å²) in [4.78, 5) is 5.20. The number of aromatic nitrogens is 2. The molecule has 0 aliphatic carbocycles. The zero-order chi connectivity index (χ0) is 15.8. The molecule has 23 heavy (non-hydrogen) atoms. The first-order chi connectivity index (χ1) is 11.2. The van der Waals surface area contributed by atoms with Gasteiger partial charge in [-0.25, -0.2) is 0 Å². The largest absolute Gasteiger partial charge is 0.454 e. The van der Waals surface area contributed by atoms with Gasteiger partial charge in [-0.3, -0.25) is 0 Å². The quantitative estimate of drug-likeness (QED) is 0.658. The van der Waals surface area contributed by atoms with Crippen LogP contribution >= 0.6 is 34.5 Å². The maximum absolute atomic E-state index is 6.27. The molecular weight excluding hydrogens is 359 g/mol. The number of thiophene rings is 1. The zero-order valence-electron chi connectivity index (χ0n) is 11.5. The van der Waals surface area contributed by atoms with Gasteiger partial charge in [-0.15, -0.1) is 11.3 Å². The molecule has 3 aromatic rings. The molecule has 2 aromatic heterocycles. The second-order valence-corrected chi connectivity index (χ2v) is 6.39. The highest BCUT2D eigenvalue weighted by molar-refractivity contribution is 7.13. The van der Waals surface area contributed by atoms with E-state index < -0.39 is 0 Å². The lowest BCUT2D eigenvalue weighted by Crippen LogP contribution is -1.93. The number of hydrogen-bond acceptors (Lipinski definition) is 6. The Morgan fingerprint density at radius 1 is 1.30 bits per heavy atom. The molecule has 0 N–H and O–H groups in total. The molecule has 0 saturated heterocycles. The fraction of sp³-hybridized carbons (Fsp3) is 0.0667. The number of nitrogens with zero attached hydrogens (tertiary/aromatic N) is 2. The highest BCUT2D eigenvalue weighted by Crippen LogP contribution is 2.40. The van der Waals surface area contributed by atoms with E-state index in [1.165, 1.54) is 11.3 Å². The minimum absolute atomic E-state index is 0.157. The maximum atomic E-state index is 6.27. The van der Waals surface area contributed by atoms with E-state index in [0.717, 1.165) is 10.4 Å². The topological polar surface area (TPSA) is 57.4 Å². The Morgan fingerprint density at radius 3 is 3.04 bits per heavy atom. The number of benzene rings is 1. The maximum Gasteiger partial charge on any atom is 0.269 e. The van der Waals surface area contributed by atoms with Gasteiger partial charge in [-0.05, 0) is 35.2 Å². The van der Waals surface area contributed by atoms with Gasteiger partial charge in [0.2, 0.25) is 12.6 Å². The molecule has 0 radical (unpaired) electrons. The Morgan fingerprint density at radius 2 is 2.22 bits per heavy atom. The fourth-order valence-electron chi connectivity index (χ4n) is 2.11. The van der Waals surface area contributed by atoms with Crippen LogP contribution in [-0.2, 0) is 0 Å².